The van der Waals surface area contributed by atoms with Crippen molar-refractivity contribution in [1.82, 2.24) is 4.57 Å². The minimum atomic E-state index is -3.62. The van der Waals surface area contributed by atoms with E-state index in [-0.39, 0.29) is 22.9 Å². The second kappa shape index (κ2) is 6.92. The zero-order chi connectivity index (χ0) is 19.1. The summed E-state index contributed by atoms with van der Waals surface area (Å²) in [4.78, 5) is 12.2. The average molecular weight is 446 g/mol. The van der Waals surface area contributed by atoms with Gasteiger partial charge in [0.15, 0.2) is 5.75 Å². The van der Waals surface area contributed by atoms with Crippen LogP contribution in [0.3, 0.4) is 0 Å². The lowest BCUT2D eigenvalue weighted by Gasteiger charge is -2.20. The first-order valence-electron chi connectivity index (χ1n) is 7.74. The maximum Gasteiger partial charge on any atom is 0.255 e. The Hall–Kier alpha value is -2.07. The Balaban J connectivity index is 2.12. The molecule has 0 bridgehead atoms. The second-order valence-corrected chi connectivity index (χ2v) is 8.81. The molecule has 1 aliphatic rings. The molecule has 0 aliphatic heterocycles. The fraction of sp³-hybridized carbons (Fsp3) is 0.312. The van der Waals surface area contributed by atoms with E-state index in [2.05, 4.69) is 26.0 Å². The number of nitrogens with zero attached hydrogens (tertiary/aromatic N) is 1. The molecule has 1 heterocycles. The highest BCUT2D eigenvalue weighted by Gasteiger charge is 2.37. The molecule has 1 aromatic carbocycles. The molecule has 0 spiro atoms. The Labute approximate surface area is 158 Å². The lowest BCUT2D eigenvalue weighted by Crippen LogP contribution is -2.24. The number of sulfonamides is 1. The molecule has 0 saturated heterocycles. The standard InChI is InChI=1S/C16H17BrFN3O4S/c1-21-14(22)8-13(25-2)15(20-26(23,24)10-4-5-10)16(21)19-12-6-3-9(17)7-11(12)18/h3,6-8,10,19-20H,4-5H2,1-2H3. The summed E-state index contributed by atoms with van der Waals surface area (Å²) in [5.74, 6) is -0.428. The Morgan fingerprint density at radius 1 is 1.31 bits per heavy atom. The van der Waals surface area contributed by atoms with E-state index in [0.717, 1.165) is 0 Å². The minimum absolute atomic E-state index is 0.0531. The van der Waals surface area contributed by atoms with Crippen LogP contribution in [-0.4, -0.2) is 25.3 Å². The number of benzene rings is 1. The highest BCUT2D eigenvalue weighted by molar-refractivity contribution is 9.10. The number of nitrogens with one attached hydrogen (secondary N) is 2. The molecule has 0 radical (unpaired) electrons. The van der Waals surface area contributed by atoms with E-state index in [1.54, 1.807) is 6.07 Å². The number of halogens is 2. The van der Waals surface area contributed by atoms with Crippen LogP contribution in [0.4, 0.5) is 21.6 Å². The summed E-state index contributed by atoms with van der Waals surface area (Å²) >= 11 is 3.17. The highest BCUT2D eigenvalue weighted by atomic mass is 79.9. The maximum absolute atomic E-state index is 14.2. The molecule has 10 heteroatoms. The number of anilines is 3. The van der Waals surface area contributed by atoms with Gasteiger partial charge in [-0.1, -0.05) is 15.9 Å². The van der Waals surface area contributed by atoms with Crippen molar-refractivity contribution in [3.8, 4) is 5.75 Å². The van der Waals surface area contributed by atoms with Crippen LogP contribution in [0.25, 0.3) is 0 Å². The van der Waals surface area contributed by atoms with Crippen molar-refractivity contribution in [2.24, 2.45) is 7.05 Å². The first kappa shape index (κ1) is 18.7. The molecule has 0 atom stereocenters. The Morgan fingerprint density at radius 2 is 2.00 bits per heavy atom. The van der Waals surface area contributed by atoms with Gasteiger partial charge in [-0.15, -0.1) is 0 Å². The summed E-state index contributed by atoms with van der Waals surface area (Å²) in [5.41, 5.74) is -0.289. The Bertz CT molecular complexity index is 1020. The van der Waals surface area contributed by atoms with Crippen LogP contribution in [0.15, 0.2) is 33.5 Å². The van der Waals surface area contributed by atoms with Crippen LogP contribution in [0.5, 0.6) is 5.75 Å². The van der Waals surface area contributed by atoms with Crippen molar-refractivity contribution < 1.29 is 17.5 Å². The molecule has 1 fully saturated rings. The molecule has 3 rings (SSSR count). The van der Waals surface area contributed by atoms with Crippen LogP contribution in [0.2, 0.25) is 0 Å². The number of hydrogen-bond acceptors (Lipinski definition) is 5. The summed E-state index contributed by atoms with van der Waals surface area (Å²) in [7, 11) is -0.839. The molecule has 140 valence electrons. The van der Waals surface area contributed by atoms with Crippen molar-refractivity contribution in [3.63, 3.8) is 0 Å². The fourth-order valence-electron chi connectivity index (χ4n) is 2.40. The van der Waals surface area contributed by atoms with Gasteiger partial charge < -0.3 is 10.1 Å². The maximum atomic E-state index is 14.2. The van der Waals surface area contributed by atoms with Crippen LogP contribution in [0, 0.1) is 5.82 Å². The first-order chi connectivity index (χ1) is 12.2. The summed E-state index contributed by atoms with van der Waals surface area (Å²) in [6.07, 6.45) is 1.15. The summed E-state index contributed by atoms with van der Waals surface area (Å²) in [5, 5.41) is 2.32. The molecule has 1 aliphatic carbocycles. The summed E-state index contributed by atoms with van der Waals surface area (Å²) in [6, 6.07) is 5.53. The van der Waals surface area contributed by atoms with Crippen molar-refractivity contribution >= 4 is 43.1 Å². The lowest BCUT2D eigenvalue weighted by atomic mass is 10.3. The third-order valence-corrected chi connectivity index (χ3v) is 6.35. The molecule has 2 aromatic rings. The predicted molar refractivity (Wildman–Crippen MR) is 101 cm³/mol. The van der Waals surface area contributed by atoms with Crippen LogP contribution in [0.1, 0.15) is 12.8 Å². The second-order valence-electron chi connectivity index (χ2n) is 5.93. The Kier molecular flexibility index (Phi) is 4.98. The quantitative estimate of drug-likeness (QED) is 0.713. The van der Waals surface area contributed by atoms with Gasteiger partial charge in [-0.05, 0) is 31.0 Å². The SMILES string of the molecule is COc1cc(=O)n(C)c(Nc2ccc(Br)cc2F)c1NS(=O)(=O)C1CC1. The Morgan fingerprint density at radius 3 is 2.58 bits per heavy atom. The first-order valence-corrected chi connectivity index (χ1v) is 10.1. The molecule has 1 aromatic heterocycles. The van der Waals surface area contributed by atoms with Gasteiger partial charge in [0.05, 0.1) is 18.0 Å². The molecule has 0 unspecified atom stereocenters. The average Bonchev–Trinajstić information content (AvgIpc) is 3.41. The lowest BCUT2D eigenvalue weighted by molar-refractivity contribution is 0.415. The van der Waals surface area contributed by atoms with Crippen LogP contribution in [-0.2, 0) is 17.1 Å². The largest absolute Gasteiger partial charge is 0.494 e. The zero-order valence-electron chi connectivity index (χ0n) is 14.0. The van der Waals surface area contributed by atoms with Gasteiger partial charge in [-0.3, -0.25) is 14.1 Å². The number of pyridine rings is 1. The van der Waals surface area contributed by atoms with Gasteiger partial charge >= 0.3 is 0 Å². The summed E-state index contributed by atoms with van der Waals surface area (Å²) < 4.78 is 48.4. The monoisotopic (exact) mass is 445 g/mol. The normalized spacial score (nSPS) is 14.2. The van der Waals surface area contributed by atoms with Crippen molar-refractivity contribution in [2.45, 2.75) is 18.1 Å². The number of hydrogen-bond donors (Lipinski definition) is 2. The van der Waals surface area contributed by atoms with Crippen LogP contribution >= 0.6 is 15.9 Å². The van der Waals surface area contributed by atoms with E-state index in [9.17, 15) is 17.6 Å². The van der Waals surface area contributed by atoms with Gasteiger partial charge in [0.25, 0.3) is 5.56 Å². The molecular weight excluding hydrogens is 429 g/mol. The molecule has 2 N–H and O–H groups in total. The van der Waals surface area contributed by atoms with Gasteiger partial charge in [0.2, 0.25) is 10.0 Å². The van der Waals surface area contributed by atoms with Gasteiger partial charge in [-0.25, -0.2) is 12.8 Å². The molecule has 7 nitrogen and oxygen atoms in total. The van der Waals surface area contributed by atoms with Crippen molar-refractivity contribution in [1.29, 1.82) is 0 Å². The molecule has 0 amide bonds. The van der Waals surface area contributed by atoms with E-state index < -0.39 is 26.6 Å². The third-order valence-electron chi connectivity index (χ3n) is 4.02. The smallest absolute Gasteiger partial charge is 0.255 e. The highest BCUT2D eigenvalue weighted by Crippen LogP contribution is 2.37. The van der Waals surface area contributed by atoms with Crippen LogP contribution < -0.4 is 20.3 Å². The topological polar surface area (TPSA) is 89.4 Å². The number of aromatic nitrogens is 1. The molecule has 1 saturated carbocycles. The van der Waals surface area contributed by atoms with Gasteiger partial charge in [-0.2, -0.15) is 0 Å². The number of ether oxygens (including phenoxy) is 1. The van der Waals surface area contributed by atoms with Gasteiger partial charge in [0, 0.05) is 17.6 Å². The number of methoxy groups -OCH3 is 1. The molecular formula is C16H17BrFN3O4S. The zero-order valence-corrected chi connectivity index (χ0v) is 16.4. The molecule has 26 heavy (non-hydrogen) atoms. The van der Waals surface area contributed by atoms with E-state index >= 15 is 0 Å². The van der Waals surface area contributed by atoms with Crippen molar-refractivity contribution in [3.05, 3.63) is 44.9 Å². The number of rotatable bonds is 6. The van der Waals surface area contributed by atoms with Crippen molar-refractivity contribution in [2.75, 3.05) is 17.1 Å². The van der Waals surface area contributed by atoms with E-state index in [0.29, 0.717) is 17.3 Å². The van der Waals surface area contributed by atoms with Gasteiger partial charge in [0.1, 0.15) is 17.3 Å². The fourth-order valence-corrected chi connectivity index (χ4v) is 4.14. The minimum Gasteiger partial charge on any atom is -0.494 e. The predicted octanol–water partition coefficient (Wildman–Crippen LogP) is 2.94. The van der Waals surface area contributed by atoms with E-state index in [4.69, 9.17) is 4.74 Å². The third kappa shape index (κ3) is 3.70. The van der Waals surface area contributed by atoms with E-state index in [1.807, 2.05) is 0 Å². The summed E-state index contributed by atoms with van der Waals surface area (Å²) in [6.45, 7) is 0. The van der Waals surface area contributed by atoms with E-state index in [1.165, 1.54) is 36.9 Å².